The fraction of sp³-hybridized carbons (Fsp3) is 0.500. The van der Waals surface area contributed by atoms with Crippen LogP contribution in [0, 0.1) is 0 Å². The molecule has 4 nitrogen and oxygen atoms in total. The van der Waals surface area contributed by atoms with Crippen LogP contribution in [-0.4, -0.2) is 50.1 Å². The van der Waals surface area contributed by atoms with Crippen molar-refractivity contribution < 1.29 is 14.3 Å². The van der Waals surface area contributed by atoms with Gasteiger partial charge in [-0.2, -0.15) is 0 Å². The highest BCUT2D eigenvalue weighted by Gasteiger charge is 2.12. The number of hydrogen-bond donors (Lipinski definition) is 0. The lowest BCUT2D eigenvalue weighted by atomic mass is 10.1. The Morgan fingerprint density at radius 2 is 2.16 bits per heavy atom. The number of ketones is 1. The smallest absolute Gasteiger partial charge is 0.163 e. The van der Waals surface area contributed by atoms with Crippen molar-refractivity contribution in [3.8, 4) is 5.75 Å². The van der Waals surface area contributed by atoms with Gasteiger partial charge in [0.15, 0.2) is 5.78 Å². The van der Waals surface area contributed by atoms with Crippen molar-refractivity contribution >= 4 is 21.7 Å². The highest BCUT2D eigenvalue weighted by atomic mass is 79.9. The fourth-order valence-corrected chi connectivity index (χ4v) is 2.36. The van der Waals surface area contributed by atoms with E-state index in [4.69, 9.17) is 9.47 Å². The van der Waals surface area contributed by atoms with Crippen molar-refractivity contribution in [1.29, 1.82) is 0 Å². The lowest BCUT2D eigenvalue weighted by Crippen LogP contribution is -2.38. The maximum Gasteiger partial charge on any atom is 0.163 e. The predicted molar refractivity (Wildman–Crippen MR) is 76.9 cm³/mol. The molecule has 1 aliphatic rings. The fourth-order valence-electron chi connectivity index (χ4n) is 2.02. The van der Waals surface area contributed by atoms with Crippen molar-refractivity contribution in [1.82, 2.24) is 4.90 Å². The van der Waals surface area contributed by atoms with Gasteiger partial charge in [-0.1, -0.05) is 15.9 Å². The second-order valence-corrected chi connectivity index (χ2v) is 5.41. The van der Waals surface area contributed by atoms with E-state index < -0.39 is 0 Å². The Labute approximate surface area is 121 Å². The van der Waals surface area contributed by atoms with Gasteiger partial charge in [0.2, 0.25) is 0 Å². The molecule has 0 bridgehead atoms. The molecule has 1 saturated heterocycles. The number of ether oxygens (including phenoxy) is 2. The number of hydrogen-bond acceptors (Lipinski definition) is 4. The van der Waals surface area contributed by atoms with E-state index >= 15 is 0 Å². The normalized spacial score (nSPS) is 16.3. The molecule has 0 atom stereocenters. The van der Waals surface area contributed by atoms with Gasteiger partial charge in [0.1, 0.15) is 12.4 Å². The number of benzene rings is 1. The first-order chi connectivity index (χ1) is 9.16. The van der Waals surface area contributed by atoms with Crippen LogP contribution in [0.2, 0.25) is 0 Å². The molecule has 1 fully saturated rings. The summed E-state index contributed by atoms with van der Waals surface area (Å²) in [5, 5.41) is 0. The molecule has 19 heavy (non-hydrogen) atoms. The summed E-state index contributed by atoms with van der Waals surface area (Å²) in [7, 11) is 0. The van der Waals surface area contributed by atoms with Crippen LogP contribution in [0.4, 0.5) is 0 Å². The third-order valence-corrected chi connectivity index (χ3v) is 3.58. The number of carbonyl (C=O) groups excluding carboxylic acids is 1. The van der Waals surface area contributed by atoms with E-state index in [1.807, 2.05) is 12.1 Å². The minimum atomic E-state index is 0.0221. The van der Waals surface area contributed by atoms with Gasteiger partial charge in [-0.25, -0.2) is 0 Å². The molecule has 5 heteroatoms. The SMILES string of the molecule is CC(=O)c1ccc(Br)cc1OCCN1CCOCC1. The van der Waals surface area contributed by atoms with Crippen LogP contribution >= 0.6 is 15.9 Å². The van der Waals surface area contributed by atoms with E-state index in [0.717, 1.165) is 37.3 Å². The molecule has 0 spiro atoms. The zero-order valence-corrected chi connectivity index (χ0v) is 12.6. The number of halogens is 1. The van der Waals surface area contributed by atoms with Crippen molar-refractivity contribution in [2.75, 3.05) is 39.5 Å². The summed E-state index contributed by atoms with van der Waals surface area (Å²) in [5.74, 6) is 0.670. The molecule has 0 aromatic heterocycles. The third kappa shape index (κ3) is 4.30. The van der Waals surface area contributed by atoms with Crippen LogP contribution < -0.4 is 4.74 Å². The van der Waals surface area contributed by atoms with E-state index in [2.05, 4.69) is 20.8 Å². The Bertz CT molecular complexity index is 444. The van der Waals surface area contributed by atoms with Crippen LogP contribution in [-0.2, 0) is 4.74 Å². The van der Waals surface area contributed by atoms with Crippen molar-refractivity contribution in [3.05, 3.63) is 28.2 Å². The summed E-state index contributed by atoms with van der Waals surface area (Å²) in [5.41, 5.74) is 0.630. The Kier molecular flexibility index (Phi) is 5.36. The molecular weight excluding hydrogens is 310 g/mol. The topological polar surface area (TPSA) is 38.8 Å². The van der Waals surface area contributed by atoms with Gasteiger partial charge in [0.05, 0.1) is 18.8 Å². The van der Waals surface area contributed by atoms with Gasteiger partial charge >= 0.3 is 0 Å². The Balaban J connectivity index is 1.91. The van der Waals surface area contributed by atoms with Crippen molar-refractivity contribution in [2.45, 2.75) is 6.92 Å². The van der Waals surface area contributed by atoms with Crippen LogP contribution in [0.15, 0.2) is 22.7 Å². The van der Waals surface area contributed by atoms with Crippen molar-refractivity contribution in [3.63, 3.8) is 0 Å². The minimum absolute atomic E-state index is 0.0221. The average molecular weight is 328 g/mol. The van der Waals surface area contributed by atoms with Crippen LogP contribution in [0.25, 0.3) is 0 Å². The highest BCUT2D eigenvalue weighted by molar-refractivity contribution is 9.10. The standard InChI is InChI=1S/C14H18BrNO3/c1-11(17)13-3-2-12(15)10-14(13)19-9-6-16-4-7-18-8-5-16/h2-3,10H,4-9H2,1H3. The number of rotatable bonds is 5. The monoisotopic (exact) mass is 327 g/mol. The van der Waals surface area contributed by atoms with Crippen molar-refractivity contribution in [2.24, 2.45) is 0 Å². The molecule has 1 aromatic carbocycles. The number of carbonyl (C=O) groups is 1. The van der Waals surface area contributed by atoms with Crippen LogP contribution in [0.1, 0.15) is 17.3 Å². The third-order valence-electron chi connectivity index (χ3n) is 3.09. The lowest BCUT2D eigenvalue weighted by Gasteiger charge is -2.26. The number of nitrogens with zero attached hydrogens (tertiary/aromatic N) is 1. The van der Waals surface area contributed by atoms with E-state index in [1.165, 1.54) is 0 Å². The highest BCUT2D eigenvalue weighted by Crippen LogP contribution is 2.24. The second-order valence-electron chi connectivity index (χ2n) is 4.50. The summed E-state index contributed by atoms with van der Waals surface area (Å²) < 4.78 is 12.0. The molecule has 1 aliphatic heterocycles. The molecule has 0 N–H and O–H groups in total. The van der Waals surface area contributed by atoms with E-state index in [-0.39, 0.29) is 5.78 Å². The number of morpholine rings is 1. The zero-order chi connectivity index (χ0) is 13.7. The van der Waals surface area contributed by atoms with E-state index in [9.17, 15) is 4.79 Å². The summed E-state index contributed by atoms with van der Waals surface area (Å²) in [4.78, 5) is 13.8. The molecule has 0 aliphatic carbocycles. The molecule has 0 saturated carbocycles. The van der Waals surface area contributed by atoms with Gasteiger partial charge in [0.25, 0.3) is 0 Å². The molecule has 0 amide bonds. The maximum absolute atomic E-state index is 11.5. The molecule has 2 rings (SSSR count). The maximum atomic E-state index is 11.5. The molecular formula is C14H18BrNO3. The van der Waals surface area contributed by atoms with Gasteiger partial charge in [-0.15, -0.1) is 0 Å². The molecule has 1 heterocycles. The predicted octanol–water partition coefficient (Wildman–Crippen LogP) is 2.36. The molecule has 0 unspecified atom stereocenters. The first kappa shape index (κ1) is 14.5. The molecule has 1 aromatic rings. The summed E-state index contributed by atoms with van der Waals surface area (Å²) >= 11 is 3.40. The first-order valence-corrected chi connectivity index (χ1v) is 7.19. The van der Waals surface area contributed by atoms with Gasteiger partial charge in [0, 0.05) is 24.1 Å². The molecule has 0 radical (unpaired) electrons. The summed E-state index contributed by atoms with van der Waals surface area (Å²) in [6.45, 7) is 6.45. The zero-order valence-electron chi connectivity index (χ0n) is 11.0. The lowest BCUT2D eigenvalue weighted by molar-refractivity contribution is 0.0322. The van der Waals surface area contributed by atoms with Gasteiger partial charge in [-0.3, -0.25) is 9.69 Å². The van der Waals surface area contributed by atoms with Gasteiger partial charge < -0.3 is 9.47 Å². The minimum Gasteiger partial charge on any atom is -0.491 e. The Morgan fingerprint density at radius 3 is 2.84 bits per heavy atom. The molecule has 104 valence electrons. The summed E-state index contributed by atoms with van der Waals surface area (Å²) in [6.07, 6.45) is 0. The van der Waals surface area contributed by atoms with Crippen LogP contribution in [0.3, 0.4) is 0 Å². The Morgan fingerprint density at radius 1 is 1.42 bits per heavy atom. The summed E-state index contributed by atoms with van der Waals surface area (Å²) in [6, 6.07) is 5.48. The van der Waals surface area contributed by atoms with E-state index in [0.29, 0.717) is 17.9 Å². The van der Waals surface area contributed by atoms with E-state index in [1.54, 1.807) is 13.0 Å². The second kappa shape index (κ2) is 7.03. The largest absolute Gasteiger partial charge is 0.491 e. The average Bonchev–Trinajstić information content (AvgIpc) is 2.39. The number of Topliss-reactive ketones (excluding diaryl/α,β-unsaturated/α-hetero) is 1. The Hall–Kier alpha value is -0.910. The quantitative estimate of drug-likeness (QED) is 0.778. The van der Waals surface area contributed by atoms with Gasteiger partial charge in [-0.05, 0) is 25.1 Å². The van der Waals surface area contributed by atoms with Crippen LogP contribution in [0.5, 0.6) is 5.75 Å². The first-order valence-electron chi connectivity index (χ1n) is 6.40.